The van der Waals surface area contributed by atoms with Crippen LogP contribution in [0.1, 0.15) is 18.4 Å². The molecule has 1 fully saturated rings. The molecule has 1 aromatic carbocycles. The van der Waals surface area contributed by atoms with Crippen LogP contribution in [0.3, 0.4) is 0 Å². The van der Waals surface area contributed by atoms with Crippen LogP contribution in [0, 0.1) is 0 Å². The standard InChI is InChI=1S/C12H16FNO/c1-15-10-4-2-9(3-5-10)8-11(13)12(14)6-7-12/h2-5,11H,6-8,14H2,1H3. The second-order valence-electron chi connectivity index (χ2n) is 4.25. The molecule has 0 heterocycles. The SMILES string of the molecule is COc1ccc(CC(F)C2(N)CC2)cc1. The van der Waals surface area contributed by atoms with E-state index in [4.69, 9.17) is 10.5 Å². The van der Waals surface area contributed by atoms with Crippen LogP contribution >= 0.6 is 0 Å². The van der Waals surface area contributed by atoms with Gasteiger partial charge in [-0.1, -0.05) is 12.1 Å². The summed E-state index contributed by atoms with van der Waals surface area (Å²) in [6, 6.07) is 7.46. The smallest absolute Gasteiger partial charge is 0.122 e. The molecule has 1 aliphatic carbocycles. The van der Waals surface area contributed by atoms with Crippen LogP contribution < -0.4 is 10.5 Å². The highest BCUT2D eigenvalue weighted by Crippen LogP contribution is 2.38. The first-order valence-corrected chi connectivity index (χ1v) is 5.20. The maximum Gasteiger partial charge on any atom is 0.122 e. The van der Waals surface area contributed by atoms with Crippen LogP contribution in [0.25, 0.3) is 0 Å². The van der Waals surface area contributed by atoms with Crippen molar-refractivity contribution in [2.24, 2.45) is 5.73 Å². The molecule has 1 aliphatic rings. The first kappa shape index (κ1) is 10.4. The molecule has 0 bridgehead atoms. The highest BCUT2D eigenvalue weighted by molar-refractivity contribution is 5.28. The van der Waals surface area contributed by atoms with Crippen LogP contribution in [-0.2, 0) is 6.42 Å². The Labute approximate surface area is 89.2 Å². The third-order valence-electron chi connectivity index (χ3n) is 3.03. The second kappa shape index (κ2) is 3.81. The molecule has 3 heteroatoms. The number of nitrogens with two attached hydrogens (primary N) is 1. The van der Waals surface area contributed by atoms with Gasteiger partial charge in [0.15, 0.2) is 0 Å². The van der Waals surface area contributed by atoms with Crippen molar-refractivity contribution in [2.45, 2.75) is 31.0 Å². The zero-order valence-electron chi connectivity index (χ0n) is 8.87. The van der Waals surface area contributed by atoms with Gasteiger partial charge in [0.25, 0.3) is 0 Å². The normalized spacial score (nSPS) is 19.7. The number of alkyl halides is 1. The number of benzene rings is 1. The van der Waals surface area contributed by atoms with E-state index in [1.807, 2.05) is 24.3 Å². The summed E-state index contributed by atoms with van der Waals surface area (Å²) >= 11 is 0. The van der Waals surface area contributed by atoms with E-state index in [2.05, 4.69) is 0 Å². The summed E-state index contributed by atoms with van der Waals surface area (Å²) in [5.74, 6) is 0.794. The van der Waals surface area contributed by atoms with Gasteiger partial charge >= 0.3 is 0 Å². The number of halogens is 1. The molecule has 15 heavy (non-hydrogen) atoms. The Hall–Kier alpha value is -1.09. The van der Waals surface area contributed by atoms with Crippen molar-refractivity contribution in [3.63, 3.8) is 0 Å². The van der Waals surface area contributed by atoms with Gasteiger partial charge in [-0.25, -0.2) is 4.39 Å². The average Bonchev–Trinajstić information content (AvgIpc) is 2.99. The van der Waals surface area contributed by atoms with Gasteiger partial charge in [0.05, 0.1) is 7.11 Å². The fourth-order valence-corrected chi connectivity index (χ4v) is 1.63. The number of hydrogen-bond acceptors (Lipinski definition) is 2. The lowest BCUT2D eigenvalue weighted by Gasteiger charge is -2.15. The largest absolute Gasteiger partial charge is 0.497 e. The van der Waals surface area contributed by atoms with E-state index in [1.54, 1.807) is 7.11 Å². The van der Waals surface area contributed by atoms with Crippen LogP contribution in [0.5, 0.6) is 5.75 Å². The fourth-order valence-electron chi connectivity index (χ4n) is 1.63. The molecule has 0 aromatic heterocycles. The van der Waals surface area contributed by atoms with E-state index in [1.165, 1.54) is 0 Å². The van der Waals surface area contributed by atoms with E-state index in [0.717, 1.165) is 24.2 Å². The average molecular weight is 209 g/mol. The zero-order valence-corrected chi connectivity index (χ0v) is 8.87. The third-order valence-corrected chi connectivity index (χ3v) is 3.03. The summed E-state index contributed by atoms with van der Waals surface area (Å²) in [7, 11) is 1.62. The topological polar surface area (TPSA) is 35.2 Å². The quantitative estimate of drug-likeness (QED) is 0.823. The van der Waals surface area contributed by atoms with Gasteiger partial charge in [-0.15, -0.1) is 0 Å². The Bertz CT molecular complexity index is 332. The minimum absolute atomic E-state index is 0.403. The Morgan fingerprint density at radius 3 is 2.47 bits per heavy atom. The fraction of sp³-hybridized carbons (Fsp3) is 0.500. The minimum Gasteiger partial charge on any atom is -0.497 e. The lowest BCUT2D eigenvalue weighted by atomic mass is 10.0. The highest BCUT2D eigenvalue weighted by atomic mass is 19.1. The molecule has 0 amide bonds. The lowest BCUT2D eigenvalue weighted by Crippen LogP contribution is -2.35. The second-order valence-corrected chi connectivity index (χ2v) is 4.25. The van der Waals surface area contributed by atoms with Gasteiger partial charge in [-0.2, -0.15) is 0 Å². The van der Waals surface area contributed by atoms with Gasteiger partial charge in [-0.3, -0.25) is 0 Å². The molecule has 82 valence electrons. The molecule has 1 atom stereocenters. The van der Waals surface area contributed by atoms with Crippen molar-refractivity contribution in [2.75, 3.05) is 7.11 Å². The van der Waals surface area contributed by atoms with Gasteiger partial charge in [0.1, 0.15) is 11.9 Å². The molecule has 1 unspecified atom stereocenters. The van der Waals surface area contributed by atoms with Crippen molar-refractivity contribution >= 4 is 0 Å². The number of rotatable bonds is 4. The Morgan fingerprint density at radius 1 is 1.40 bits per heavy atom. The van der Waals surface area contributed by atoms with Crippen LogP contribution in [-0.4, -0.2) is 18.8 Å². The third kappa shape index (κ3) is 2.29. The molecular weight excluding hydrogens is 193 g/mol. The highest BCUT2D eigenvalue weighted by Gasteiger charge is 2.46. The number of hydrogen-bond donors (Lipinski definition) is 1. The van der Waals surface area contributed by atoms with Gasteiger partial charge in [-0.05, 0) is 30.5 Å². The van der Waals surface area contributed by atoms with E-state index < -0.39 is 11.7 Å². The summed E-state index contributed by atoms with van der Waals surface area (Å²) in [6.45, 7) is 0. The van der Waals surface area contributed by atoms with Gasteiger partial charge in [0.2, 0.25) is 0 Å². The minimum atomic E-state index is -0.925. The summed E-state index contributed by atoms with van der Waals surface area (Å²) in [4.78, 5) is 0. The van der Waals surface area contributed by atoms with Crippen LogP contribution in [0.15, 0.2) is 24.3 Å². The zero-order chi connectivity index (χ0) is 10.9. The molecule has 2 nitrogen and oxygen atoms in total. The molecule has 1 aromatic rings. The molecule has 2 rings (SSSR count). The Morgan fingerprint density at radius 2 is 2.00 bits per heavy atom. The van der Waals surface area contributed by atoms with Crippen LogP contribution in [0.4, 0.5) is 4.39 Å². The maximum atomic E-state index is 13.7. The van der Waals surface area contributed by atoms with Crippen molar-refractivity contribution < 1.29 is 9.13 Å². The van der Waals surface area contributed by atoms with Crippen molar-refractivity contribution in [3.8, 4) is 5.75 Å². The lowest BCUT2D eigenvalue weighted by molar-refractivity contribution is 0.266. The van der Waals surface area contributed by atoms with Gasteiger partial charge in [0, 0.05) is 12.0 Å². The van der Waals surface area contributed by atoms with E-state index in [-0.39, 0.29) is 0 Å². The molecule has 1 saturated carbocycles. The molecule has 0 spiro atoms. The number of ether oxygens (including phenoxy) is 1. The first-order valence-electron chi connectivity index (χ1n) is 5.20. The first-order chi connectivity index (χ1) is 7.14. The monoisotopic (exact) mass is 209 g/mol. The predicted molar refractivity (Wildman–Crippen MR) is 57.7 cm³/mol. The molecule has 0 radical (unpaired) electrons. The van der Waals surface area contributed by atoms with E-state index in [9.17, 15) is 4.39 Å². The number of methoxy groups -OCH3 is 1. The summed E-state index contributed by atoms with van der Waals surface area (Å²) in [5, 5.41) is 0. The Kier molecular flexibility index (Phi) is 2.65. The Balaban J connectivity index is 1.98. The predicted octanol–water partition coefficient (Wildman–Crippen LogP) is 2.07. The molecular formula is C12H16FNO. The summed E-state index contributed by atoms with van der Waals surface area (Å²) in [5.41, 5.74) is 6.22. The van der Waals surface area contributed by atoms with Crippen LogP contribution in [0.2, 0.25) is 0 Å². The summed E-state index contributed by atoms with van der Waals surface area (Å²) < 4.78 is 18.7. The maximum absolute atomic E-state index is 13.7. The van der Waals surface area contributed by atoms with Crippen molar-refractivity contribution in [3.05, 3.63) is 29.8 Å². The van der Waals surface area contributed by atoms with Crippen molar-refractivity contribution in [1.82, 2.24) is 0 Å². The summed E-state index contributed by atoms with van der Waals surface area (Å²) in [6.07, 6.45) is 1.10. The van der Waals surface area contributed by atoms with E-state index in [0.29, 0.717) is 6.42 Å². The molecule has 0 aliphatic heterocycles. The molecule has 2 N–H and O–H groups in total. The van der Waals surface area contributed by atoms with Crippen molar-refractivity contribution in [1.29, 1.82) is 0 Å². The van der Waals surface area contributed by atoms with Gasteiger partial charge < -0.3 is 10.5 Å². The molecule has 0 saturated heterocycles. The van der Waals surface area contributed by atoms with E-state index >= 15 is 0 Å².